The van der Waals surface area contributed by atoms with E-state index < -0.39 is 0 Å². The molecule has 0 saturated carbocycles. The molecule has 0 saturated heterocycles. The van der Waals surface area contributed by atoms with Crippen LogP contribution in [0.2, 0.25) is 0 Å². The number of likely N-dealkylation sites (N-methyl/N-ethyl adjacent to an activating group) is 1. The first kappa shape index (κ1) is 14.3. The van der Waals surface area contributed by atoms with E-state index in [1.165, 1.54) is 10.4 Å². The number of aliphatic hydroxyl groups excluding tert-OH is 1. The zero-order valence-electron chi connectivity index (χ0n) is 11.5. The van der Waals surface area contributed by atoms with E-state index in [9.17, 15) is 0 Å². The lowest BCUT2D eigenvalue weighted by Crippen LogP contribution is -2.30. The van der Waals surface area contributed by atoms with Crippen LogP contribution in [0.15, 0.2) is 41.8 Å². The zero-order chi connectivity index (χ0) is 13.7. The van der Waals surface area contributed by atoms with E-state index in [2.05, 4.69) is 48.5 Å². The summed E-state index contributed by atoms with van der Waals surface area (Å²) in [6.45, 7) is 3.32. The van der Waals surface area contributed by atoms with Gasteiger partial charge in [0.25, 0.3) is 0 Å². The van der Waals surface area contributed by atoms with E-state index in [-0.39, 0.29) is 6.61 Å². The Hall–Kier alpha value is -1.16. The molecule has 0 bridgehead atoms. The van der Waals surface area contributed by atoms with Crippen molar-refractivity contribution in [2.45, 2.75) is 32.5 Å². The second-order valence-electron chi connectivity index (χ2n) is 5.02. The average molecular weight is 275 g/mol. The van der Waals surface area contributed by atoms with Crippen molar-refractivity contribution in [3.8, 4) is 0 Å². The minimum absolute atomic E-state index is 0.116. The summed E-state index contributed by atoms with van der Waals surface area (Å²) in [7, 11) is 2.16. The van der Waals surface area contributed by atoms with E-state index in [0.29, 0.717) is 6.04 Å². The summed E-state index contributed by atoms with van der Waals surface area (Å²) in [5, 5.41) is 11.2. The molecule has 1 N–H and O–H groups in total. The molecule has 0 aliphatic rings. The lowest BCUT2D eigenvalue weighted by atomic mass is 10.1. The molecule has 1 atom stereocenters. The monoisotopic (exact) mass is 275 g/mol. The molecule has 2 nitrogen and oxygen atoms in total. The maximum atomic E-state index is 9.03. The minimum Gasteiger partial charge on any atom is -0.392 e. The van der Waals surface area contributed by atoms with Crippen molar-refractivity contribution in [3.63, 3.8) is 0 Å². The van der Waals surface area contributed by atoms with E-state index in [1.807, 2.05) is 23.5 Å². The lowest BCUT2D eigenvalue weighted by molar-refractivity contribution is 0.249. The highest BCUT2D eigenvalue weighted by molar-refractivity contribution is 7.09. The summed E-state index contributed by atoms with van der Waals surface area (Å²) in [5.74, 6) is 0. The number of nitrogens with zero attached hydrogens (tertiary/aromatic N) is 1. The van der Waals surface area contributed by atoms with Gasteiger partial charge in [-0.1, -0.05) is 30.3 Å². The van der Waals surface area contributed by atoms with Gasteiger partial charge >= 0.3 is 0 Å². The van der Waals surface area contributed by atoms with Crippen molar-refractivity contribution in [2.24, 2.45) is 0 Å². The maximum Gasteiger partial charge on any atom is 0.0681 e. The standard InChI is InChI=1S/C16H21NOS/c1-13(10-16-4-3-9-19-16)17(2)11-14-5-7-15(12-18)8-6-14/h3-9,13,18H,10-12H2,1-2H3. The SMILES string of the molecule is CC(Cc1cccs1)N(C)Cc1ccc(CO)cc1. The van der Waals surface area contributed by atoms with Crippen molar-refractivity contribution in [1.82, 2.24) is 4.90 Å². The van der Waals surface area contributed by atoms with Gasteiger partial charge in [-0.05, 0) is 43.0 Å². The summed E-state index contributed by atoms with van der Waals surface area (Å²) >= 11 is 1.83. The summed E-state index contributed by atoms with van der Waals surface area (Å²) < 4.78 is 0. The first-order valence-corrected chi connectivity index (χ1v) is 7.48. The lowest BCUT2D eigenvalue weighted by Gasteiger charge is -2.24. The molecule has 1 unspecified atom stereocenters. The number of thiophene rings is 1. The van der Waals surface area contributed by atoms with Crippen LogP contribution >= 0.6 is 11.3 Å². The van der Waals surface area contributed by atoms with E-state index in [0.717, 1.165) is 18.5 Å². The van der Waals surface area contributed by atoms with Gasteiger partial charge in [0.05, 0.1) is 6.61 Å². The third-order valence-corrected chi connectivity index (χ3v) is 4.37. The molecule has 2 rings (SSSR count). The fourth-order valence-electron chi connectivity index (χ4n) is 2.07. The maximum absolute atomic E-state index is 9.03. The summed E-state index contributed by atoms with van der Waals surface area (Å²) in [5.41, 5.74) is 2.26. The Labute approximate surface area is 119 Å². The number of aliphatic hydroxyl groups is 1. The van der Waals surface area contributed by atoms with Crippen molar-refractivity contribution >= 4 is 11.3 Å². The second-order valence-corrected chi connectivity index (χ2v) is 6.05. The normalized spacial score (nSPS) is 12.8. The summed E-state index contributed by atoms with van der Waals surface area (Å²) in [6, 6.07) is 13.0. The van der Waals surface area contributed by atoms with Crippen LogP contribution in [0.5, 0.6) is 0 Å². The van der Waals surface area contributed by atoms with Crippen LogP contribution in [-0.2, 0) is 19.6 Å². The van der Waals surface area contributed by atoms with Crippen LogP contribution in [0.25, 0.3) is 0 Å². The first-order chi connectivity index (χ1) is 9.19. The molecule has 0 amide bonds. The smallest absolute Gasteiger partial charge is 0.0681 e. The van der Waals surface area contributed by atoms with E-state index in [1.54, 1.807) is 0 Å². The quantitative estimate of drug-likeness (QED) is 0.874. The van der Waals surface area contributed by atoms with E-state index in [4.69, 9.17) is 5.11 Å². The fraction of sp³-hybridized carbons (Fsp3) is 0.375. The van der Waals surface area contributed by atoms with Gasteiger partial charge in [0.15, 0.2) is 0 Å². The molecule has 102 valence electrons. The topological polar surface area (TPSA) is 23.5 Å². The first-order valence-electron chi connectivity index (χ1n) is 6.60. The van der Waals surface area contributed by atoms with Crippen LogP contribution in [-0.4, -0.2) is 23.1 Å². The van der Waals surface area contributed by atoms with Crippen LogP contribution < -0.4 is 0 Å². The Balaban J connectivity index is 1.90. The molecule has 0 fully saturated rings. The summed E-state index contributed by atoms with van der Waals surface area (Å²) in [6.07, 6.45) is 1.10. The number of hydrogen-bond donors (Lipinski definition) is 1. The molecule has 1 aromatic carbocycles. The van der Waals surface area contributed by atoms with Gasteiger partial charge < -0.3 is 5.11 Å². The molecule has 0 spiro atoms. The predicted octanol–water partition coefficient (Wildman–Crippen LogP) is 3.30. The molecule has 2 aromatic rings. The molecule has 19 heavy (non-hydrogen) atoms. The van der Waals surface area contributed by atoms with Gasteiger partial charge in [0.2, 0.25) is 0 Å². The molecule has 1 aromatic heterocycles. The number of hydrogen-bond acceptors (Lipinski definition) is 3. The fourth-order valence-corrected chi connectivity index (χ4v) is 2.90. The van der Waals surface area contributed by atoms with Crippen LogP contribution in [0, 0.1) is 0 Å². The molecule has 3 heteroatoms. The molecule has 0 aliphatic carbocycles. The van der Waals surface area contributed by atoms with Crippen LogP contribution in [0.3, 0.4) is 0 Å². The molecule has 0 radical (unpaired) electrons. The van der Waals surface area contributed by atoms with Crippen LogP contribution in [0.1, 0.15) is 22.9 Å². The van der Waals surface area contributed by atoms with Crippen LogP contribution in [0.4, 0.5) is 0 Å². The highest BCUT2D eigenvalue weighted by Crippen LogP contribution is 2.15. The molecule has 1 heterocycles. The average Bonchev–Trinajstić information content (AvgIpc) is 2.92. The third kappa shape index (κ3) is 4.16. The van der Waals surface area contributed by atoms with Gasteiger partial charge in [0.1, 0.15) is 0 Å². The Kier molecular flexibility index (Phi) is 5.14. The van der Waals surface area contributed by atoms with Gasteiger partial charge in [-0.25, -0.2) is 0 Å². The van der Waals surface area contributed by atoms with Gasteiger partial charge in [-0.2, -0.15) is 0 Å². The van der Waals surface area contributed by atoms with Gasteiger partial charge in [0, 0.05) is 17.5 Å². The summed E-state index contributed by atoms with van der Waals surface area (Å²) in [4.78, 5) is 3.81. The Morgan fingerprint density at radius 2 is 1.84 bits per heavy atom. The van der Waals surface area contributed by atoms with Gasteiger partial charge in [-0.3, -0.25) is 4.90 Å². The Bertz CT molecular complexity index is 478. The number of benzene rings is 1. The van der Waals surface area contributed by atoms with Crippen molar-refractivity contribution in [1.29, 1.82) is 0 Å². The Morgan fingerprint density at radius 3 is 2.42 bits per heavy atom. The second kappa shape index (κ2) is 6.85. The largest absolute Gasteiger partial charge is 0.392 e. The van der Waals surface area contributed by atoms with Gasteiger partial charge in [-0.15, -0.1) is 11.3 Å². The predicted molar refractivity (Wildman–Crippen MR) is 81.3 cm³/mol. The molecule has 0 aliphatic heterocycles. The number of rotatable bonds is 6. The van der Waals surface area contributed by atoms with Crippen molar-refractivity contribution < 1.29 is 5.11 Å². The van der Waals surface area contributed by atoms with Crippen molar-refractivity contribution in [3.05, 3.63) is 57.8 Å². The highest BCUT2D eigenvalue weighted by atomic mass is 32.1. The molecular formula is C16H21NOS. The van der Waals surface area contributed by atoms with E-state index >= 15 is 0 Å². The third-order valence-electron chi connectivity index (χ3n) is 3.47. The molecular weight excluding hydrogens is 254 g/mol. The van der Waals surface area contributed by atoms with Crippen molar-refractivity contribution in [2.75, 3.05) is 7.05 Å². The zero-order valence-corrected chi connectivity index (χ0v) is 12.4. The minimum atomic E-state index is 0.116. The Morgan fingerprint density at radius 1 is 1.16 bits per heavy atom. The highest BCUT2D eigenvalue weighted by Gasteiger charge is 2.11.